The van der Waals surface area contributed by atoms with Crippen LogP contribution < -0.4 is 19.7 Å². The zero-order valence-corrected chi connectivity index (χ0v) is 17.3. The summed E-state index contributed by atoms with van der Waals surface area (Å²) in [5.74, 6) is -0.0341. The third-order valence-electron chi connectivity index (χ3n) is 4.32. The van der Waals surface area contributed by atoms with Crippen molar-refractivity contribution in [3.05, 3.63) is 65.4 Å². The number of hydrogen-bond donors (Lipinski definition) is 1. The minimum absolute atomic E-state index is 0.122. The first-order chi connectivity index (χ1) is 15.0. The first-order valence-electron chi connectivity index (χ1n) is 9.41. The molecule has 31 heavy (non-hydrogen) atoms. The summed E-state index contributed by atoms with van der Waals surface area (Å²) >= 11 is 1.17. The summed E-state index contributed by atoms with van der Waals surface area (Å²) in [6.45, 7) is 2.29. The lowest BCUT2D eigenvalue weighted by Gasteiger charge is -2.18. The lowest BCUT2D eigenvalue weighted by Crippen LogP contribution is -2.23. The predicted octanol–water partition coefficient (Wildman–Crippen LogP) is 4.39. The second-order valence-corrected chi connectivity index (χ2v) is 7.38. The highest BCUT2D eigenvalue weighted by atomic mass is 32.1. The average Bonchev–Trinajstić information content (AvgIpc) is 3.22. The average molecular weight is 439 g/mol. The maximum Gasteiger partial charge on any atom is 0.248 e. The van der Waals surface area contributed by atoms with E-state index in [1.807, 2.05) is 0 Å². The maximum atomic E-state index is 14.2. The van der Waals surface area contributed by atoms with Crippen LogP contribution in [0.25, 0.3) is 6.08 Å². The molecule has 0 spiro atoms. The quantitative estimate of drug-likeness (QED) is 0.597. The molecular formula is C22H18FN3O4S. The van der Waals surface area contributed by atoms with Gasteiger partial charge in [-0.1, -0.05) is 12.1 Å². The summed E-state index contributed by atoms with van der Waals surface area (Å²) in [7, 11) is 0. The van der Waals surface area contributed by atoms with Crippen LogP contribution in [0.4, 0.5) is 20.9 Å². The van der Waals surface area contributed by atoms with Gasteiger partial charge in [0.15, 0.2) is 16.6 Å². The Balaban J connectivity index is 1.46. The van der Waals surface area contributed by atoms with E-state index in [1.54, 1.807) is 35.7 Å². The van der Waals surface area contributed by atoms with Crippen molar-refractivity contribution in [1.29, 1.82) is 0 Å². The molecule has 0 unspecified atom stereocenters. The molecule has 3 aromatic rings. The van der Waals surface area contributed by atoms with Crippen LogP contribution >= 0.6 is 11.3 Å². The zero-order valence-electron chi connectivity index (χ0n) is 16.5. The number of nitrogens with one attached hydrogen (secondary N) is 1. The van der Waals surface area contributed by atoms with Crippen molar-refractivity contribution in [3.8, 4) is 11.5 Å². The van der Waals surface area contributed by atoms with Gasteiger partial charge in [0, 0.05) is 30.1 Å². The molecule has 2 heterocycles. The van der Waals surface area contributed by atoms with Crippen LogP contribution in [-0.2, 0) is 9.59 Å². The lowest BCUT2D eigenvalue weighted by molar-refractivity contribution is -0.116. The van der Waals surface area contributed by atoms with E-state index in [2.05, 4.69) is 10.3 Å². The summed E-state index contributed by atoms with van der Waals surface area (Å²) < 4.78 is 25.1. The van der Waals surface area contributed by atoms with E-state index in [4.69, 9.17) is 9.47 Å². The Morgan fingerprint density at radius 1 is 1.16 bits per heavy atom. The van der Waals surface area contributed by atoms with E-state index >= 15 is 0 Å². The molecule has 4 rings (SSSR count). The van der Waals surface area contributed by atoms with Crippen LogP contribution in [0.3, 0.4) is 0 Å². The van der Waals surface area contributed by atoms with Crippen molar-refractivity contribution < 1.29 is 23.5 Å². The maximum absolute atomic E-state index is 14.2. The van der Waals surface area contributed by atoms with Crippen LogP contribution in [0, 0.1) is 5.82 Å². The number of nitrogens with zero attached hydrogens (tertiary/aromatic N) is 2. The lowest BCUT2D eigenvalue weighted by atomic mass is 10.2. The molecule has 158 valence electrons. The highest BCUT2D eigenvalue weighted by molar-refractivity contribution is 7.14. The topological polar surface area (TPSA) is 80.8 Å². The van der Waals surface area contributed by atoms with Crippen molar-refractivity contribution in [2.75, 3.05) is 23.4 Å². The highest BCUT2D eigenvalue weighted by Gasteiger charge is 2.20. The number of benzene rings is 2. The highest BCUT2D eigenvalue weighted by Crippen LogP contribution is 2.33. The number of ether oxygens (including phenoxy) is 2. The Morgan fingerprint density at radius 3 is 2.71 bits per heavy atom. The molecule has 1 N–H and O–H groups in total. The fraction of sp³-hybridized carbons (Fsp3) is 0.136. The van der Waals surface area contributed by atoms with Gasteiger partial charge >= 0.3 is 0 Å². The van der Waals surface area contributed by atoms with E-state index in [0.29, 0.717) is 41.2 Å². The molecule has 0 aliphatic carbocycles. The molecule has 2 amide bonds. The number of aromatic nitrogens is 1. The van der Waals surface area contributed by atoms with Gasteiger partial charge in [-0.15, -0.1) is 11.3 Å². The molecular weight excluding hydrogens is 421 g/mol. The van der Waals surface area contributed by atoms with E-state index < -0.39 is 5.82 Å². The Morgan fingerprint density at radius 2 is 1.94 bits per heavy atom. The molecule has 1 aromatic heterocycles. The molecule has 1 aliphatic heterocycles. The number of fused-ring (bicyclic) bond motifs is 1. The molecule has 0 atom stereocenters. The largest absolute Gasteiger partial charge is 0.486 e. The Bertz CT molecular complexity index is 1160. The molecule has 0 fully saturated rings. The fourth-order valence-electron chi connectivity index (χ4n) is 2.96. The fourth-order valence-corrected chi connectivity index (χ4v) is 3.81. The van der Waals surface area contributed by atoms with Crippen molar-refractivity contribution in [1.82, 2.24) is 4.98 Å². The van der Waals surface area contributed by atoms with Crippen molar-refractivity contribution in [2.24, 2.45) is 0 Å². The molecule has 0 saturated heterocycles. The molecule has 0 bridgehead atoms. The third-order valence-corrected chi connectivity index (χ3v) is 5.17. The SMILES string of the molecule is CC(=O)N(c1nc(C=CC(=O)Nc2ccc3c(c2)OCCO3)cs1)c1ccccc1F. The minimum atomic E-state index is -0.524. The summed E-state index contributed by atoms with van der Waals surface area (Å²) in [6.07, 6.45) is 2.85. The number of hydrogen-bond acceptors (Lipinski definition) is 6. The Hall–Kier alpha value is -3.72. The van der Waals surface area contributed by atoms with Crippen LogP contribution in [0.2, 0.25) is 0 Å². The second-order valence-electron chi connectivity index (χ2n) is 6.54. The van der Waals surface area contributed by atoms with Gasteiger partial charge in [0.05, 0.1) is 11.4 Å². The molecule has 0 radical (unpaired) electrons. The first kappa shape index (κ1) is 20.5. The number of carbonyl (C=O) groups is 2. The predicted molar refractivity (Wildman–Crippen MR) is 116 cm³/mol. The van der Waals surface area contributed by atoms with Gasteiger partial charge in [-0.25, -0.2) is 9.37 Å². The molecule has 9 heteroatoms. The number of carbonyl (C=O) groups excluding carboxylic acids is 2. The zero-order chi connectivity index (χ0) is 21.8. The first-order valence-corrected chi connectivity index (χ1v) is 10.3. The van der Waals surface area contributed by atoms with Gasteiger partial charge in [-0.2, -0.15) is 0 Å². The normalized spacial score (nSPS) is 12.6. The summed E-state index contributed by atoms with van der Waals surface area (Å²) in [4.78, 5) is 29.9. The Kier molecular flexibility index (Phi) is 5.94. The summed E-state index contributed by atoms with van der Waals surface area (Å²) in [6, 6.07) is 11.1. The van der Waals surface area contributed by atoms with Gasteiger partial charge < -0.3 is 14.8 Å². The van der Waals surface area contributed by atoms with E-state index in [-0.39, 0.29) is 17.5 Å². The van der Waals surface area contributed by atoms with Crippen LogP contribution in [-0.4, -0.2) is 30.0 Å². The number of rotatable bonds is 5. The van der Waals surface area contributed by atoms with Crippen LogP contribution in [0.5, 0.6) is 11.5 Å². The van der Waals surface area contributed by atoms with Crippen molar-refractivity contribution >= 4 is 45.7 Å². The van der Waals surface area contributed by atoms with Crippen molar-refractivity contribution in [2.45, 2.75) is 6.92 Å². The number of halogens is 1. The molecule has 0 saturated carbocycles. The standard InChI is InChI=1S/C22H18FN3O4S/c1-14(27)26(18-5-3-2-4-17(18)23)22-25-16(13-31-22)7-9-21(28)24-15-6-8-19-20(12-15)30-11-10-29-19/h2-9,12-13H,10-11H2,1H3,(H,24,28). The van der Waals surface area contributed by atoms with Gasteiger partial charge in [0.25, 0.3) is 0 Å². The number of thiazole rings is 1. The number of amides is 2. The third kappa shape index (κ3) is 4.72. The number of para-hydroxylation sites is 1. The molecule has 7 nitrogen and oxygen atoms in total. The van der Waals surface area contributed by atoms with E-state index in [9.17, 15) is 14.0 Å². The van der Waals surface area contributed by atoms with Gasteiger partial charge in [0.2, 0.25) is 11.8 Å². The van der Waals surface area contributed by atoms with E-state index in [0.717, 1.165) is 0 Å². The Labute approximate surface area is 181 Å². The molecule has 1 aliphatic rings. The second kappa shape index (κ2) is 8.97. The van der Waals surface area contributed by atoms with Crippen LogP contribution in [0.1, 0.15) is 12.6 Å². The van der Waals surface area contributed by atoms with Gasteiger partial charge in [0.1, 0.15) is 19.0 Å². The number of anilines is 3. The van der Waals surface area contributed by atoms with Crippen molar-refractivity contribution in [3.63, 3.8) is 0 Å². The van der Waals surface area contributed by atoms with Gasteiger partial charge in [-0.3, -0.25) is 14.5 Å². The molecule has 2 aromatic carbocycles. The smallest absolute Gasteiger partial charge is 0.248 e. The van der Waals surface area contributed by atoms with Crippen LogP contribution in [0.15, 0.2) is 53.9 Å². The summed E-state index contributed by atoms with van der Waals surface area (Å²) in [5, 5.41) is 4.73. The van der Waals surface area contributed by atoms with Gasteiger partial charge in [-0.05, 0) is 30.3 Å². The van der Waals surface area contributed by atoms with E-state index in [1.165, 1.54) is 47.4 Å². The minimum Gasteiger partial charge on any atom is -0.486 e. The monoisotopic (exact) mass is 439 g/mol. The summed E-state index contributed by atoms with van der Waals surface area (Å²) in [5.41, 5.74) is 1.16.